The Morgan fingerprint density at radius 1 is 0.645 bits per heavy atom. The third-order valence-electron chi connectivity index (χ3n) is 12.2. The van der Waals surface area contributed by atoms with Gasteiger partial charge in [0.15, 0.2) is 5.69 Å². The molecule has 2 amide bonds. The summed E-state index contributed by atoms with van der Waals surface area (Å²) in [6.07, 6.45) is 2.62. The van der Waals surface area contributed by atoms with E-state index in [1.54, 1.807) is 0 Å². The molecular weight excluding hydrogens is 773 g/mol. The molecule has 0 spiro atoms. The van der Waals surface area contributed by atoms with Crippen LogP contribution in [0.3, 0.4) is 0 Å². The highest BCUT2D eigenvalue weighted by Gasteiger charge is 2.22. The van der Waals surface area contributed by atoms with Gasteiger partial charge in [-0.25, -0.2) is 9.36 Å². The van der Waals surface area contributed by atoms with E-state index in [4.69, 9.17) is 10.2 Å². The molecule has 12 nitrogen and oxygen atoms in total. The minimum Gasteiger partial charge on any atom is -0.369 e. The smallest absolute Gasteiger partial charge is 0.271 e. The summed E-state index contributed by atoms with van der Waals surface area (Å²) in [6, 6.07) is 39.8. The van der Waals surface area contributed by atoms with Crippen LogP contribution in [0.25, 0.3) is 11.4 Å². The van der Waals surface area contributed by atoms with Crippen molar-refractivity contribution >= 4 is 23.2 Å². The summed E-state index contributed by atoms with van der Waals surface area (Å²) in [5.41, 5.74) is 11.7. The molecule has 2 N–H and O–H groups in total. The molecule has 2 aliphatic heterocycles. The standard InChI is InChI=1S/C50H60N10O2/c1-4-12-46-35-47(50(62)51-23-24-55-25-29-57(30-26-55)43-14-7-5-8-15-43)54-60(46)45-21-19-40(20-22-45)34-41-13-11-18-48(39(41)3)58-31-27-56(28-32-58)37-49(61)52-36-42-33-38(2)59(53-42)44-16-9-6-10-17-44/h5-11,13-22,33,35H,4,12,23-32,34,36-37H2,1-3H3,(H,51,62)(H,52,61). The van der Waals surface area contributed by atoms with E-state index in [2.05, 4.69) is 117 Å². The van der Waals surface area contributed by atoms with Crippen LogP contribution >= 0.6 is 0 Å². The fraction of sp³-hybridized carbons (Fsp3) is 0.360. The first kappa shape index (κ1) is 42.5. The molecule has 0 atom stereocenters. The van der Waals surface area contributed by atoms with Crippen molar-refractivity contribution in [3.63, 3.8) is 0 Å². The maximum atomic E-state index is 13.3. The molecule has 4 heterocycles. The summed E-state index contributed by atoms with van der Waals surface area (Å²) in [5.74, 6) is -0.109. The van der Waals surface area contributed by atoms with Crippen molar-refractivity contribution in [2.75, 3.05) is 81.8 Å². The van der Waals surface area contributed by atoms with Crippen LogP contribution in [0.15, 0.2) is 115 Å². The highest BCUT2D eigenvalue weighted by Crippen LogP contribution is 2.27. The number of benzene rings is 4. The van der Waals surface area contributed by atoms with Gasteiger partial charge < -0.3 is 20.4 Å². The molecule has 62 heavy (non-hydrogen) atoms. The minimum atomic E-state index is -0.127. The number of rotatable bonds is 16. The number of nitrogens with one attached hydrogen (secondary N) is 2. The van der Waals surface area contributed by atoms with E-state index in [1.165, 1.54) is 28.1 Å². The van der Waals surface area contributed by atoms with Crippen molar-refractivity contribution in [1.82, 2.24) is 40.0 Å². The van der Waals surface area contributed by atoms with Gasteiger partial charge in [-0.2, -0.15) is 10.2 Å². The molecule has 0 saturated carbocycles. The van der Waals surface area contributed by atoms with Crippen molar-refractivity contribution in [3.8, 4) is 11.4 Å². The van der Waals surface area contributed by atoms with E-state index < -0.39 is 0 Å². The number of amides is 2. The minimum absolute atomic E-state index is 0.0185. The van der Waals surface area contributed by atoms with Gasteiger partial charge in [-0.15, -0.1) is 0 Å². The lowest BCUT2D eigenvalue weighted by atomic mass is 9.98. The maximum absolute atomic E-state index is 13.3. The van der Waals surface area contributed by atoms with Crippen LogP contribution < -0.4 is 20.4 Å². The average Bonchev–Trinajstić information content (AvgIpc) is 3.91. The Labute approximate surface area is 366 Å². The van der Waals surface area contributed by atoms with Crippen LogP contribution in [0.4, 0.5) is 11.4 Å². The monoisotopic (exact) mass is 832 g/mol. The number of nitrogens with zero attached hydrogens (tertiary/aromatic N) is 8. The summed E-state index contributed by atoms with van der Waals surface area (Å²) in [6.45, 7) is 15.9. The summed E-state index contributed by atoms with van der Waals surface area (Å²) in [5, 5.41) is 15.7. The van der Waals surface area contributed by atoms with E-state index in [9.17, 15) is 9.59 Å². The van der Waals surface area contributed by atoms with Gasteiger partial charge in [-0.05, 0) is 98.0 Å². The van der Waals surface area contributed by atoms with Crippen LogP contribution in [-0.4, -0.2) is 113 Å². The lowest BCUT2D eigenvalue weighted by molar-refractivity contribution is -0.122. The number of hydrogen-bond donors (Lipinski definition) is 2. The quantitative estimate of drug-likeness (QED) is 0.119. The van der Waals surface area contributed by atoms with E-state index in [-0.39, 0.29) is 11.8 Å². The van der Waals surface area contributed by atoms with E-state index in [0.29, 0.717) is 25.3 Å². The zero-order chi connectivity index (χ0) is 42.8. The number of piperazine rings is 2. The molecular formula is C50H60N10O2. The van der Waals surface area contributed by atoms with E-state index >= 15 is 0 Å². The Morgan fingerprint density at radius 2 is 1.31 bits per heavy atom. The Hall–Kier alpha value is -6.24. The number of aryl methyl sites for hydroxylation is 2. The molecule has 322 valence electrons. The number of carbonyl (C=O) groups excluding carboxylic acids is 2. The third kappa shape index (κ3) is 10.4. The van der Waals surface area contributed by atoms with Crippen LogP contribution in [-0.2, 0) is 24.2 Å². The number of para-hydroxylation sites is 2. The molecule has 4 aromatic carbocycles. The van der Waals surface area contributed by atoms with Gasteiger partial charge in [-0.1, -0.05) is 74.0 Å². The largest absolute Gasteiger partial charge is 0.369 e. The van der Waals surface area contributed by atoms with Crippen molar-refractivity contribution in [1.29, 1.82) is 0 Å². The fourth-order valence-corrected chi connectivity index (χ4v) is 8.70. The molecule has 0 unspecified atom stereocenters. The molecule has 2 aliphatic rings. The number of anilines is 2. The average molecular weight is 833 g/mol. The van der Waals surface area contributed by atoms with Gasteiger partial charge in [0.05, 0.1) is 30.2 Å². The lowest BCUT2D eigenvalue weighted by Gasteiger charge is -2.36. The first-order valence-electron chi connectivity index (χ1n) is 22.2. The molecule has 0 bridgehead atoms. The number of hydrogen-bond acceptors (Lipinski definition) is 8. The second-order valence-electron chi connectivity index (χ2n) is 16.6. The van der Waals surface area contributed by atoms with Gasteiger partial charge >= 0.3 is 0 Å². The Bertz CT molecular complexity index is 2390. The fourth-order valence-electron chi connectivity index (χ4n) is 8.70. The lowest BCUT2D eigenvalue weighted by Crippen LogP contribution is -2.49. The second-order valence-corrected chi connectivity index (χ2v) is 16.6. The first-order chi connectivity index (χ1) is 30.3. The van der Waals surface area contributed by atoms with Crippen LogP contribution in [0, 0.1) is 13.8 Å². The summed E-state index contributed by atoms with van der Waals surface area (Å²) in [7, 11) is 0. The SMILES string of the molecule is CCCc1cc(C(=O)NCCN2CCN(c3ccccc3)CC2)nn1-c1ccc(Cc2cccc(N3CCN(CC(=O)NCc4cc(C)n(-c5ccccc5)n4)CC3)c2C)cc1. The van der Waals surface area contributed by atoms with Gasteiger partial charge in [0.1, 0.15) is 0 Å². The molecule has 6 aromatic rings. The van der Waals surface area contributed by atoms with Crippen molar-refractivity contribution in [2.24, 2.45) is 0 Å². The molecule has 0 aliphatic carbocycles. The second kappa shape index (κ2) is 20.1. The molecule has 2 fully saturated rings. The molecule has 0 radical (unpaired) electrons. The van der Waals surface area contributed by atoms with Gasteiger partial charge in [0.2, 0.25) is 5.91 Å². The zero-order valence-electron chi connectivity index (χ0n) is 36.5. The third-order valence-corrected chi connectivity index (χ3v) is 12.2. The predicted octanol–water partition coefficient (Wildman–Crippen LogP) is 6.21. The zero-order valence-corrected chi connectivity index (χ0v) is 36.5. The van der Waals surface area contributed by atoms with Gasteiger partial charge in [0, 0.05) is 88.2 Å². The number of aromatic nitrogens is 4. The van der Waals surface area contributed by atoms with Gasteiger partial charge in [-0.3, -0.25) is 19.4 Å². The first-order valence-corrected chi connectivity index (χ1v) is 22.2. The summed E-state index contributed by atoms with van der Waals surface area (Å²) < 4.78 is 3.84. The van der Waals surface area contributed by atoms with Crippen LogP contribution in [0.5, 0.6) is 0 Å². The highest BCUT2D eigenvalue weighted by molar-refractivity contribution is 5.92. The predicted molar refractivity (Wildman–Crippen MR) is 248 cm³/mol. The molecule has 8 rings (SSSR count). The van der Waals surface area contributed by atoms with Crippen molar-refractivity contribution in [3.05, 3.63) is 155 Å². The van der Waals surface area contributed by atoms with Crippen LogP contribution in [0.1, 0.15) is 57.6 Å². The van der Waals surface area contributed by atoms with Crippen molar-refractivity contribution in [2.45, 2.75) is 46.6 Å². The Balaban J connectivity index is 0.806. The topological polar surface area (TPSA) is 107 Å². The normalized spacial score (nSPS) is 14.9. The molecule has 2 aromatic heterocycles. The van der Waals surface area contributed by atoms with Crippen LogP contribution in [0.2, 0.25) is 0 Å². The maximum Gasteiger partial charge on any atom is 0.271 e. The summed E-state index contributed by atoms with van der Waals surface area (Å²) >= 11 is 0. The Kier molecular flexibility index (Phi) is 13.8. The summed E-state index contributed by atoms with van der Waals surface area (Å²) in [4.78, 5) is 35.7. The molecule has 12 heteroatoms. The Morgan fingerprint density at radius 3 is 2.02 bits per heavy atom. The van der Waals surface area contributed by atoms with Gasteiger partial charge in [0.25, 0.3) is 5.91 Å². The van der Waals surface area contributed by atoms with E-state index in [0.717, 1.165) is 107 Å². The number of carbonyl (C=O) groups is 2. The highest BCUT2D eigenvalue weighted by atomic mass is 16.2. The van der Waals surface area contributed by atoms with Crippen molar-refractivity contribution < 1.29 is 9.59 Å². The molecule has 2 saturated heterocycles. The van der Waals surface area contributed by atoms with E-state index in [1.807, 2.05) is 58.8 Å².